The van der Waals surface area contributed by atoms with Gasteiger partial charge in [0.05, 0.1) is 0 Å². The number of halogens is 1. The van der Waals surface area contributed by atoms with Gasteiger partial charge in [0.1, 0.15) is 5.82 Å². The zero-order valence-corrected chi connectivity index (χ0v) is 12.0. The SMILES string of the molecule is COCCCNCCC(=O)NCCc1ccccc1F. The highest BCUT2D eigenvalue weighted by Crippen LogP contribution is 2.06. The Morgan fingerprint density at radius 3 is 2.80 bits per heavy atom. The van der Waals surface area contributed by atoms with Crippen LogP contribution in [-0.4, -0.2) is 39.3 Å². The van der Waals surface area contributed by atoms with Crippen molar-refractivity contribution in [3.8, 4) is 0 Å². The van der Waals surface area contributed by atoms with Crippen LogP contribution in [0.15, 0.2) is 24.3 Å². The van der Waals surface area contributed by atoms with Gasteiger partial charge in [-0.1, -0.05) is 18.2 Å². The summed E-state index contributed by atoms with van der Waals surface area (Å²) < 4.78 is 18.3. The normalized spacial score (nSPS) is 10.5. The predicted molar refractivity (Wildman–Crippen MR) is 77.1 cm³/mol. The first-order chi connectivity index (χ1) is 9.74. The lowest BCUT2D eigenvalue weighted by Gasteiger charge is -2.07. The molecule has 0 aliphatic heterocycles. The van der Waals surface area contributed by atoms with Crippen molar-refractivity contribution in [2.45, 2.75) is 19.3 Å². The molecule has 0 fully saturated rings. The van der Waals surface area contributed by atoms with Gasteiger partial charge in [0.15, 0.2) is 0 Å². The summed E-state index contributed by atoms with van der Waals surface area (Å²) in [4.78, 5) is 11.5. The Hall–Kier alpha value is -1.46. The first kappa shape index (κ1) is 16.6. The van der Waals surface area contributed by atoms with Crippen LogP contribution in [0.4, 0.5) is 4.39 Å². The van der Waals surface area contributed by atoms with E-state index in [1.54, 1.807) is 25.3 Å². The van der Waals surface area contributed by atoms with Gasteiger partial charge in [0.2, 0.25) is 5.91 Å². The minimum atomic E-state index is -0.221. The van der Waals surface area contributed by atoms with Crippen molar-refractivity contribution in [3.63, 3.8) is 0 Å². The number of rotatable bonds is 10. The van der Waals surface area contributed by atoms with Crippen LogP contribution < -0.4 is 10.6 Å². The Labute approximate surface area is 119 Å². The van der Waals surface area contributed by atoms with E-state index in [9.17, 15) is 9.18 Å². The molecule has 0 saturated carbocycles. The molecule has 20 heavy (non-hydrogen) atoms. The fraction of sp³-hybridized carbons (Fsp3) is 0.533. The molecule has 0 radical (unpaired) electrons. The predicted octanol–water partition coefficient (Wildman–Crippen LogP) is 1.50. The Morgan fingerprint density at radius 2 is 2.05 bits per heavy atom. The molecule has 1 aromatic carbocycles. The van der Waals surface area contributed by atoms with Gasteiger partial charge in [-0.25, -0.2) is 4.39 Å². The van der Waals surface area contributed by atoms with Gasteiger partial charge in [0, 0.05) is 33.2 Å². The van der Waals surface area contributed by atoms with Crippen LogP contribution in [0.1, 0.15) is 18.4 Å². The van der Waals surface area contributed by atoms with Gasteiger partial charge in [-0.05, 0) is 31.0 Å². The lowest BCUT2D eigenvalue weighted by Crippen LogP contribution is -2.29. The van der Waals surface area contributed by atoms with Gasteiger partial charge in [-0.2, -0.15) is 0 Å². The van der Waals surface area contributed by atoms with Crippen molar-refractivity contribution in [2.75, 3.05) is 33.4 Å². The van der Waals surface area contributed by atoms with Gasteiger partial charge in [-0.3, -0.25) is 4.79 Å². The zero-order valence-electron chi connectivity index (χ0n) is 12.0. The maximum absolute atomic E-state index is 13.3. The highest BCUT2D eigenvalue weighted by atomic mass is 19.1. The maximum Gasteiger partial charge on any atom is 0.221 e. The Balaban J connectivity index is 2.04. The second-order valence-electron chi connectivity index (χ2n) is 4.54. The quantitative estimate of drug-likeness (QED) is 0.639. The van der Waals surface area contributed by atoms with E-state index in [-0.39, 0.29) is 11.7 Å². The molecular weight excluding hydrogens is 259 g/mol. The molecule has 0 heterocycles. The standard InChI is InChI=1S/C15H23FN2O2/c1-20-12-4-9-17-10-8-15(19)18-11-7-13-5-2-3-6-14(13)16/h2-3,5-6,17H,4,7-12H2,1H3,(H,18,19). The molecule has 4 nitrogen and oxygen atoms in total. The van der Waals surface area contributed by atoms with E-state index in [1.165, 1.54) is 6.07 Å². The highest BCUT2D eigenvalue weighted by Gasteiger charge is 2.03. The molecule has 112 valence electrons. The molecule has 0 aliphatic rings. The van der Waals surface area contributed by atoms with E-state index in [2.05, 4.69) is 10.6 Å². The molecule has 0 saturated heterocycles. The van der Waals surface area contributed by atoms with Crippen molar-refractivity contribution in [1.29, 1.82) is 0 Å². The number of benzene rings is 1. The molecule has 1 aromatic rings. The topological polar surface area (TPSA) is 50.4 Å². The van der Waals surface area contributed by atoms with E-state index in [4.69, 9.17) is 4.74 Å². The number of nitrogens with one attached hydrogen (secondary N) is 2. The zero-order chi connectivity index (χ0) is 14.6. The van der Waals surface area contributed by atoms with Crippen LogP contribution in [0.5, 0.6) is 0 Å². The van der Waals surface area contributed by atoms with Gasteiger partial charge >= 0.3 is 0 Å². The molecule has 0 unspecified atom stereocenters. The van der Waals surface area contributed by atoms with Gasteiger partial charge < -0.3 is 15.4 Å². The van der Waals surface area contributed by atoms with Gasteiger partial charge in [-0.15, -0.1) is 0 Å². The molecule has 0 atom stereocenters. The number of amides is 1. The summed E-state index contributed by atoms with van der Waals surface area (Å²) in [5, 5.41) is 5.96. The fourth-order valence-electron chi connectivity index (χ4n) is 1.79. The van der Waals surface area contributed by atoms with Crippen LogP contribution in [0.2, 0.25) is 0 Å². The van der Waals surface area contributed by atoms with Crippen molar-refractivity contribution >= 4 is 5.91 Å². The number of carbonyl (C=O) groups is 1. The summed E-state index contributed by atoms with van der Waals surface area (Å²) in [5.41, 5.74) is 0.630. The lowest BCUT2D eigenvalue weighted by molar-refractivity contribution is -0.120. The third kappa shape index (κ3) is 7.21. The van der Waals surface area contributed by atoms with Crippen LogP contribution in [0.25, 0.3) is 0 Å². The van der Waals surface area contributed by atoms with Crippen molar-refractivity contribution in [1.82, 2.24) is 10.6 Å². The molecule has 0 spiro atoms. The number of hydrogen-bond donors (Lipinski definition) is 2. The van der Waals surface area contributed by atoms with Crippen molar-refractivity contribution < 1.29 is 13.9 Å². The third-order valence-electron chi connectivity index (χ3n) is 2.91. The highest BCUT2D eigenvalue weighted by molar-refractivity contribution is 5.76. The number of carbonyl (C=O) groups excluding carboxylic acids is 1. The molecule has 0 aromatic heterocycles. The Kier molecular flexibility index (Phi) is 8.58. The second kappa shape index (κ2) is 10.3. The first-order valence-corrected chi connectivity index (χ1v) is 6.94. The van der Waals surface area contributed by atoms with Crippen LogP contribution >= 0.6 is 0 Å². The first-order valence-electron chi connectivity index (χ1n) is 6.94. The summed E-state index contributed by atoms with van der Waals surface area (Å²) in [6.07, 6.45) is 1.88. The summed E-state index contributed by atoms with van der Waals surface area (Å²) >= 11 is 0. The minimum absolute atomic E-state index is 0.0134. The molecule has 1 rings (SSSR count). The smallest absolute Gasteiger partial charge is 0.221 e. The average Bonchev–Trinajstić information content (AvgIpc) is 2.45. The lowest BCUT2D eigenvalue weighted by atomic mass is 10.1. The maximum atomic E-state index is 13.3. The minimum Gasteiger partial charge on any atom is -0.385 e. The molecule has 5 heteroatoms. The van der Waals surface area contributed by atoms with E-state index >= 15 is 0 Å². The Bertz CT molecular complexity index is 399. The number of hydrogen-bond acceptors (Lipinski definition) is 3. The fourth-order valence-corrected chi connectivity index (χ4v) is 1.79. The van der Waals surface area contributed by atoms with Crippen LogP contribution in [0, 0.1) is 5.82 Å². The summed E-state index contributed by atoms with van der Waals surface area (Å²) in [6, 6.07) is 6.62. The number of methoxy groups -OCH3 is 1. The van der Waals surface area contributed by atoms with E-state index in [1.807, 2.05) is 0 Å². The largest absolute Gasteiger partial charge is 0.385 e. The molecule has 2 N–H and O–H groups in total. The third-order valence-corrected chi connectivity index (χ3v) is 2.91. The van der Waals surface area contributed by atoms with Crippen molar-refractivity contribution in [2.24, 2.45) is 0 Å². The van der Waals surface area contributed by atoms with Crippen LogP contribution in [-0.2, 0) is 16.0 Å². The van der Waals surface area contributed by atoms with E-state index in [0.29, 0.717) is 31.5 Å². The molecule has 0 aliphatic carbocycles. The van der Waals surface area contributed by atoms with Crippen LogP contribution in [0.3, 0.4) is 0 Å². The summed E-state index contributed by atoms with van der Waals surface area (Å²) in [5.74, 6) is -0.234. The second-order valence-corrected chi connectivity index (χ2v) is 4.54. The monoisotopic (exact) mass is 282 g/mol. The van der Waals surface area contributed by atoms with E-state index in [0.717, 1.165) is 19.6 Å². The summed E-state index contributed by atoms with van der Waals surface area (Å²) in [7, 11) is 1.67. The Morgan fingerprint density at radius 1 is 1.25 bits per heavy atom. The molecular formula is C15H23FN2O2. The molecule has 0 bridgehead atoms. The van der Waals surface area contributed by atoms with Gasteiger partial charge in [0.25, 0.3) is 0 Å². The van der Waals surface area contributed by atoms with E-state index < -0.39 is 0 Å². The molecule has 1 amide bonds. The van der Waals surface area contributed by atoms with Crippen molar-refractivity contribution in [3.05, 3.63) is 35.6 Å². The average molecular weight is 282 g/mol. The summed E-state index contributed by atoms with van der Waals surface area (Å²) in [6.45, 7) is 2.68. The number of ether oxygens (including phenoxy) is 1.